The first kappa shape index (κ1) is 9.40. The highest BCUT2D eigenvalue weighted by Crippen LogP contribution is 2.22. The van der Waals surface area contributed by atoms with E-state index in [-0.39, 0.29) is 6.23 Å². The largest absolute Gasteiger partial charge is 0.362 e. The Balaban J connectivity index is 2.15. The van der Waals surface area contributed by atoms with Crippen LogP contribution in [-0.4, -0.2) is 29.9 Å². The summed E-state index contributed by atoms with van der Waals surface area (Å²) >= 11 is 0. The van der Waals surface area contributed by atoms with E-state index in [1.54, 1.807) is 19.6 Å². The monoisotopic (exact) mass is 193 g/mol. The van der Waals surface area contributed by atoms with E-state index < -0.39 is 0 Å². The lowest BCUT2D eigenvalue weighted by Crippen LogP contribution is -2.41. The van der Waals surface area contributed by atoms with Gasteiger partial charge >= 0.3 is 0 Å². The standard InChI is InChI=1S/C10H15N3O/c1-14-10-4-2-3-7-13(10)9-5-6-11-8-12-9/h5-6,8,10H,2-4,7H2,1H3. The van der Waals surface area contributed by atoms with Crippen LogP contribution in [0.4, 0.5) is 5.82 Å². The van der Waals surface area contributed by atoms with Crippen molar-refractivity contribution in [3.05, 3.63) is 18.6 Å². The SMILES string of the molecule is COC1CCCCN1c1ccncn1. The van der Waals surface area contributed by atoms with E-state index in [1.165, 1.54) is 12.8 Å². The van der Waals surface area contributed by atoms with Crippen LogP contribution in [-0.2, 0) is 4.74 Å². The molecule has 0 aromatic carbocycles. The van der Waals surface area contributed by atoms with Crippen LogP contribution >= 0.6 is 0 Å². The van der Waals surface area contributed by atoms with Crippen LogP contribution in [0.1, 0.15) is 19.3 Å². The van der Waals surface area contributed by atoms with Crippen molar-refractivity contribution in [3.8, 4) is 0 Å². The molecule has 1 aromatic rings. The molecule has 0 saturated carbocycles. The zero-order valence-corrected chi connectivity index (χ0v) is 8.39. The quantitative estimate of drug-likeness (QED) is 0.712. The second-order valence-corrected chi connectivity index (χ2v) is 3.45. The predicted molar refractivity (Wildman–Crippen MR) is 54.0 cm³/mol. The van der Waals surface area contributed by atoms with Crippen molar-refractivity contribution in [1.82, 2.24) is 9.97 Å². The minimum absolute atomic E-state index is 0.179. The van der Waals surface area contributed by atoms with Crippen LogP contribution in [0.3, 0.4) is 0 Å². The molecule has 0 radical (unpaired) electrons. The number of nitrogens with zero attached hydrogens (tertiary/aromatic N) is 3. The Morgan fingerprint density at radius 1 is 1.50 bits per heavy atom. The first-order valence-corrected chi connectivity index (χ1v) is 4.97. The van der Waals surface area contributed by atoms with Gasteiger partial charge in [0.05, 0.1) is 0 Å². The van der Waals surface area contributed by atoms with E-state index in [9.17, 15) is 0 Å². The summed E-state index contributed by atoms with van der Waals surface area (Å²) in [5, 5.41) is 0. The summed E-state index contributed by atoms with van der Waals surface area (Å²) in [6.07, 6.45) is 7.06. The van der Waals surface area contributed by atoms with Gasteiger partial charge in [-0.2, -0.15) is 0 Å². The Morgan fingerprint density at radius 3 is 3.14 bits per heavy atom. The lowest BCUT2D eigenvalue weighted by Gasteiger charge is -2.35. The van der Waals surface area contributed by atoms with Gasteiger partial charge in [0.1, 0.15) is 18.4 Å². The Kier molecular flexibility index (Phi) is 2.93. The fourth-order valence-corrected chi connectivity index (χ4v) is 1.86. The highest BCUT2D eigenvalue weighted by Gasteiger charge is 2.22. The molecule has 1 aliphatic rings. The highest BCUT2D eigenvalue weighted by atomic mass is 16.5. The molecule has 4 heteroatoms. The first-order valence-electron chi connectivity index (χ1n) is 4.97. The van der Waals surface area contributed by atoms with Crippen LogP contribution in [0.5, 0.6) is 0 Å². The number of anilines is 1. The van der Waals surface area contributed by atoms with Gasteiger partial charge in [0.25, 0.3) is 0 Å². The molecule has 1 unspecified atom stereocenters. The van der Waals surface area contributed by atoms with Gasteiger partial charge in [0, 0.05) is 19.9 Å². The second kappa shape index (κ2) is 4.37. The maximum Gasteiger partial charge on any atom is 0.133 e. The van der Waals surface area contributed by atoms with Crippen molar-refractivity contribution in [3.63, 3.8) is 0 Å². The molecular weight excluding hydrogens is 178 g/mol. The molecule has 76 valence electrons. The molecule has 1 saturated heterocycles. The maximum absolute atomic E-state index is 5.42. The van der Waals surface area contributed by atoms with Gasteiger partial charge in [-0.15, -0.1) is 0 Å². The summed E-state index contributed by atoms with van der Waals surface area (Å²) in [6.45, 7) is 1.02. The van der Waals surface area contributed by atoms with Crippen LogP contribution in [0.2, 0.25) is 0 Å². The third kappa shape index (κ3) is 1.85. The summed E-state index contributed by atoms with van der Waals surface area (Å²) in [5.74, 6) is 0.964. The lowest BCUT2D eigenvalue weighted by molar-refractivity contribution is 0.0778. The number of piperidine rings is 1. The molecule has 4 nitrogen and oxygen atoms in total. The summed E-state index contributed by atoms with van der Waals surface area (Å²) in [4.78, 5) is 10.3. The molecule has 0 spiro atoms. The lowest BCUT2D eigenvalue weighted by atomic mass is 10.1. The number of rotatable bonds is 2. The number of methoxy groups -OCH3 is 1. The van der Waals surface area contributed by atoms with E-state index in [0.717, 1.165) is 18.8 Å². The van der Waals surface area contributed by atoms with Crippen molar-refractivity contribution in [2.24, 2.45) is 0 Å². The van der Waals surface area contributed by atoms with Gasteiger partial charge in [0.15, 0.2) is 0 Å². The number of aromatic nitrogens is 2. The molecule has 0 amide bonds. The molecule has 1 fully saturated rings. The minimum atomic E-state index is 0.179. The van der Waals surface area contributed by atoms with Gasteiger partial charge < -0.3 is 9.64 Å². The molecule has 0 aliphatic carbocycles. The fourth-order valence-electron chi connectivity index (χ4n) is 1.86. The predicted octanol–water partition coefficient (Wildman–Crippen LogP) is 1.44. The zero-order valence-electron chi connectivity index (χ0n) is 8.39. The van der Waals surface area contributed by atoms with Gasteiger partial charge in [0.2, 0.25) is 0 Å². The average Bonchev–Trinajstić information content (AvgIpc) is 2.30. The summed E-state index contributed by atoms with van der Waals surface area (Å²) in [5.41, 5.74) is 0. The third-order valence-corrected chi connectivity index (χ3v) is 2.58. The van der Waals surface area contributed by atoms with Gasteiger partial charge in [-0.05, 0) is 25.3 Å². The molecule has 2 heterocycles. The van der Waals surface area contributed by atoms with Crippen molar-refractivity contribution < 1.29 is 4.74 Å². The molecule has 1 aliphatic heterocycles. The normalized spacial score (nSPS) is 22.4. The van der Waals surface area contributed by atoms with Crippen LogP contribution < -0.4 is 4.90 Å². The molecule has 1 aromatic heterocycles. The Hall–Kier alpha value is -1.16. The molecular formula is C10H15N3O. The first-order chi connectivity index (χ1) is 6.92. The van der Waals surface area contributed by atoms with E-state index in [2.05, 4.69) is 14.9 Å². The van der Waals surface area contributed by atoms with E-state index >= 15 is 0 Å². The van der Waals surface area contributed by atoms with Crippen molar-refractivity contribution in [2.45, 2.75) is 25.5 Å². The Bertz CT molecular complexity index is 278. The Labute approximate surface area is 83.9 Å². The van der Waals surface area contributed by atoms with Crippen molar-refractivity contribution in [1.29, 1.82) is 0 Å². The molecule has 2 rings (SSSR count). The smallest absolute Gasteiger partial charge is 0.133 e. The molecule has 0 N–H and O–H groups in total. The van der Waals surface area contributed by atoms with Crippen LogP contribution in [0, 0.1) is 0 Å². The Morgan fingerprint density at radius 2 is 2.43 bits per heavy atom. The van der Waals surface area contributed by atoms with Crippen LogP contribution in [0.15, 0.2) is 18.6 Å². The number of hydrogen-bond donors (Lipinski definition) is 0. The van der Waals surface area contributed by atoms with E-state index in [0.29, 0.717) is 0 Å². The summed E-state index contributed by atoms with van der Waals surface area (Å²) < 4.78 is 5.42. The van der Waals surface area contributed by atoms with Gasteiger partial charge in [-0.3, -0.25) is 0 Å². The fraction of sp³-hybridized carbons (Fsp3) is 0.600. The van der Waals surface area contributed by atoms with Gasteiger partial charge in [-0.25, -0.2) is 9.97 Å². The topological polar surface area (TPSA) is 38.2 Å². The molecule has 0 bridgehead atoms. The van der Waals surface area contributed by atoms with Crippen LogP contribution in [0.25, 0.3) is 0 Å². The van der Waals surface area contributed by atoms with E-state index in [1.807, 2.05) is 6.07 Å². The zero-order chi connectivity index (χ0) is 9.80. The summed E-state index contributed by atoms with van der Waals surface area (Å²) in [7, 11) is 1.75. The number of ether oxygens (including phenoxy) is 1. The number of hydrogen-bond acceptors (Lipinski definition) is 4. The maximum atomic E-state index is 5.42. The summed E-state index contributed by atoms with van der Waals surface area (Å²) in [6, 6.07) is 1.93. The molecule has 1 atom stereocenters. The highest BCUT2D eigenvalue weighted by molar-refractivity contribution is 5.37. The average molecular weight is 193 g/mol. The van der Waals surface area contributed by atoms with Crippen molar-refractivity contribution >= 4 is 5.82 Å². The third-order valence-electron chi connectivity index (χ3n) is 2.58. The minimum Gasteiger partial charge on any atom is -0.362 e. The second-order valence-electron chi connectivity index (χ2n) is 3.45. The van der Waals surface area contributed by atoms with Gasteiger partial charge in [-0.1, -0.05) is 0 Å². The molecule has 14 heavy (non-hydrogen) atoms. The van der Waals surface area contributed by atoms with Crippen molar-refractivity contribution in [2.75, 3.05) is 18.6 Å². The van der Waals surface area contributed by atoms with E-state index in [4.69, 9.17) is 4.74 Å².